The number of amides is 2. The highest BCUT2D eigenvalue weighted by Crippen LogP contribution is 2.49. The Kier molecular flexibility index (Phi) is 3.91. The largest absolute Gasteiger partial charge is 0.506 e. The summed E-state index contributed by atoms with van der Waals surface area (Å²) in [6, 6.07) is 2.30. The van der Waals surface area contributed by atoms with E-state index in [0.717, 1.165) is 36.2 Å². The van der Waals surface area contributed by atoms with Gasteiger partial charge in [0.25, 0.3) is 17.5 Å². The maximum absolute atomic E-state index is 12.7. The van der Waals surface area contributed by atoms with Gasteiger partial charge in [0.1, 0.15) is 5.75 Å². The third-order valence-corrected chi connectivity index (χ3v) is 5.94. The van der Waals surface area contributed by atoms with E-state index in [-0.39, 0.29) is 57.0 Å². The molecular formula is C17H14BrN3O5. The van der Waals surface area contributed by atoms with Crippen LogP contribution in [-0.4, -0.2) is 33.1 Å². The molecule has 1 heterocycles. The Labute approximate surface area is 156 Å². The van der Waals surface area contributed by atoms with E-state index in [1.165, 1.54) is 0 Å². The Morgan fingerprint density at radius 2 is 1.77 bits per heavy atom. The van der Waals surface area contributed by atoms with E-state index in [1.54, 1.807) is 0 Å². The molecule has 0 radical (unpaired) electrons. The number of benzene rings is 1. The number of nitro benzene ring substituents is 1. The van der Waals surface area contributed by atoms with Gasteiger partial charge < -0.3 is 5.11 Å². The van der Waals surface area contributed by atoms with Crippen LogP contribution in [0.1, 0.15) is 18.4 Å². The number of hydrazone groups is 1. The molecule has 1 saturated carbocycles. The molecule has 8 nitrogen and oxygen atoms in total. The Balaban J connectivity index is 1.65. The molecule has 4 aliphatic rings. The molecule has 3 aliphatic carbocycles. The second-order valence-corrected chi connectivity index (χ2v) is 7.55. The van der Waals surface area contributed by atoms with Gasteiger partial charge in [0, 0.05) is 17.7 Å². The third-order valence-electron chi connectivity index (χ3n) is 5.34. The molecule has 1 aliphatic heterocycles. The van der Waals surface area contributed by atoms with Crippen molar-refractivity contribution in [1.29, 1.82) is 0 Å². The first-order chi connectivity index (χ1) is 12.4. The lowest BCUT2D eigenvalue weighted by atomic mass is 9.63. The normalized spacial score (nSPS) is 29.7. The number of hydrogen-bond acceptors (Lipinski definition) is 6. The zero-order valence-electron chi connectivity index (χ0n) is 13.4. The molecule has 0 aromatic heterocycles. The zero-order chi connectivity index (χ0) is 18.6. The number of non-ortho nitro benzene ring substituents is 1. The Bertz CT molecular complexity index is 865. The first-order valence-corrected chi connectivity index (χ1v) is 8.95. The van der Waals surface area contributed by atoms with Crippen LogP contribution in [0.2, 0.25) is 0 Å². The molecule has 9 heteroatoms. The van der Waals surface area contributed by atoms with E-state index in [9.17, 15) is 24.8 Å². The van der Waals surface area contributed by atoms with Gasteiger partial charge >= 0.3 is 0 Å². The summed E-state index contributed by atoms with van der Waals surface area (Å²) in [6.45, 7) is 0. The fourth-order valence-corrected chi connectivity index (χ4v) is 4.56. The SMILES string of the molecule is O=C1[C@H]2[C@H](C(=O)N1/N=C\c1cc([N+](=O)[O-])cc(Br)c1O)[C@H]1C=C[C@H]2CC1. The van der Waals surface area contributed by atoms with Gasteiger partial charge in [-0.3, -0.25) is 19.7 Å². The number of carbonyl (C=O) groups is 2. The van der Waals surface area contributed by atoms with Crippen molar-refractivity contribution in [2.75, 3.05) is 0 Å². The summed E-state index contributed by atoms with van der Waals surface area (Å²) in [6.07, 6.45) is 6.90. The number of imide groups is 1. The van der Waals surface area contributed by atoms with Crippen LogP contribution in [0.3, 0.4) is 0 Å². The second-order valence-electron chi connectivity index (χ2n) is 6.70. The fraction of sp³-hybridized carbons (Fsp3) is 0.353. The first kappa shape index (κ1) is 16.9. The number of carbonyl (C=O) groups excluding carboxylic acids is 2. The van der Waals surface area contributed by atoms with Crippen LogP contribution in [0.4, 0.5) is 5.69 Å². The molecule has 2 amide bonds. The van der Waals surface area contributed by atoms with Crippen LogP contribution in [0.5, 0.6) is 5.75 Å². The molecule has 5 rings (SSSR count). The van der Waals surface area contributed by atoms with E-state index >= 15 is 0 Å². The van der Waals surface area contributed by atoms with Crippen molar-refractivity contribution in [2.45, 2.75) is 12.8 Å². The molecule has 1 aromatic carbocycles. The minimum atomic E-state index is -0.606. The average molecular weight is 420 g/mol. The number of phenolic OH excluding ortho intramolecular Hbond substituents is 1. The Morgan fingerprint density at radius 3 is 2.27 bits per heavy atom. The summed E-state index contributed by atoms with van der Waals surface area (Å²) in [5, 5.41) is 25.8. The molecular weight excluding hydrogens is 406 g/mol. The van der Waals surface area contributed by atoms with Crippen LogP contribution in [0.15, 0.2) is 33.9 Å². The van der Waals surface area contributed by atoms with Crippen molar-refractivity contribution in [3.8, 4) is 5.75 Å². The van der Waals surface area contributed by atoms with Crippen LogP contribution in [0.25, 0.3) is 0 Å². The number of halogens is 1. The highest BCUT2D eigenvalue weighted by molar-refractivity contribution is 9.10. The molecule has 134 valence electrons. The van der Waals surface area contributed by atoms with Crippen LogP contribution < -0.4 is 0 Å². The lowest BCUT2D eigenvalue weighted by molar-refractivity contribution is -0.385. The summed E-state index contributed by atoms with van der Waals surface area (Å²) in [7, 11) is 0. The maximum Gasteiger partial charge on any atom is 0.271 e. The summed E-state index contributed by atoms with van der Waals surface area (Å²) < 4.78 is 0.128. The number of nitro groups is 1. The minimum absolute atomic E-state index is 0.0441. The summed E-state index contributed by atoms with van der Waals surface area (Å²) in [4.78, 5) is 35.7. The molecule has 2 fully saturated rings. The van der Waals surface area contributed by atoms with Gasteiger partial charge in [-0.15, -0.1) is 0 Å². The molecule has 1 aromatic rings. The van der Waals surface area contributed by atoms with Gasteiger partial charge in [-0.1, -0.05) is 12.2 Å². The Hall–Kier alpha value is -2.55. The lowest BCUT2D eigenvalue weighted by Crippen LogP contribution is -2.38. The first-order valence-electron chi connectivity index (χ1n) is 8.15. The number of fused-ring (bicyclic) bond motifs is 1. The second kappa shape index (κ2) is 6.01. The molecule has 1 saturated heterocycles. The third kappa shape index (κ3) is 2.45. The van der Waals surface area contributed by atoms with Gasteiger partial charge in [0.05, 0.1) is 27.4 Å². The number of aromatic hydroxyl groups is 1. The molecule has 0 spiro atoms. The summed E-state index contributed by atoms with van der Waals surface area (Å²) in [5.41, 5.74) is -0.200. The van der Waals surface area contributed by atoms with E-state index in [4.69, 9.17) is 0 Å². The van der Waals surface area contributed by atoms with Crippen LogP contribution in [-0.2, 0) is 9.59 Å². The quantitative estimate of drug-likeness (QED) is 0.266. The van der Waals surface area contributed by atoms with E-state index < -0.39 is 4.92 Å². The zero-order valence-corrected chi connectivity index (χ0v) is 15.0. The summed E-state index contributed by atoms with van der Waals surface area (Å²) in [5.74, 6) is -1.59. The topological polar surface area (TPSA) is 113 Å². The van der Waals surface area contributed by atoms with Crippen molar-refractivity contribution >= 4 is 39.6 Å². The Morgan fingerprint density at radius 1 is 1.19 bits per heavy atom. The van der Waals surface area contributed by atoms with Crippen molar-refractivity contribution in [3.05, 3.63) is 44.4 Å². The molecule has 2 bridgehead atoms. The maximum atomic E-state index is 12.7. The number of hydrogen-bond donors (Lipinski definition) is 1. The van der Waals surface area contributed by atoms with Crippen molar-refractivity contribution in [2.24, 2.45) is 28.8 Å². The van der Waals surface area contributed by atoms with Gasteiger partial charge in [-0.05, 0) is 40.6 Å². The minimum Gasteiger partial charge on any atom is -0.506 e. The van der Waals surface area contributed by atoms with Gasteiger partial charge in [-0.25, -0.2) is 0 Å². The van der Waals surface area contributed by atoms with Crippen molar-refractivity contribution in [3.63, 3.8) is 0 Å². The molecule has 26 heavy (non-hydrogen) atoms. The van der Waals surface area contributed by atoms with Gasteiger partial charge in [0.2, 0.25) is 0 Å². The highest BCUT2D eigenvalue weighted by atomic mass is 79.9. The highest BCUT2D eigenvalue weighted by Gasteiger charge is 2.56. The number of allylic oxidation sites excluding steroid dienone is 2. The number of phenols is 1. The van der Waals surface area contributed by atoms with E-state index in [0.29, 0.717) is 0 Å². The summed E-state index contributed by atoms with van der Waals surface area (Å²) >= 11 is 3.04. The standard InChI is InChI=1S/C17H14BrN3O5/c18-12-6-11(21(25)26)5-10(15(12)22)7-19-20-16(23)13-8-1-2-9(4-3-8)14(13)17(20)24/h1-2,5-9,13-14,22H,3-4H2/b19-7-/t8-,9-,13+,14+/m0/s1. The molecule has 0 unspecified atom stereocenters. The molecule has 1 N–H and O–H groups in total. The van der Waals surface area contributed by atoms with E-state index in [2.05, 4.69) is 21.0 Å². The molecule has 4 atom stereocenters. The van der Waals surface area contributed by atoms with Gasteiger partial charge in [0.15, 0.2) is 0 Å². The van der Waals surface area contributed by atoms with E-state index in [1.807, 2.05) is 12.2 Å². The van der Waals surface area contributed by atoms with Crippen LogP contribution in [0, 0.1) is 33.8 Å². The number of nitrogens with zero attached hydrogens (tertiary/aromatic N) is 3. The number of rotatable bonds is 3. The smallest absolute Gasteiger partial charge is 0.271 e. The van der Waals surface area contributed by atoms with Crippen molar-refractivity contribution < 1.29 is 19.6 Å². The monoisotopic (exact) mass is 419 g/mol. The average Bonchev–Trinajstić information content (AvgIpc) is 2.90. The predicted octanol–water partition coefficient (Wildman–Crippen LogP) is 2.59. The predicted molar refractivity (Wildman–Crippen MR) is 94.2 cm³/mol. The van der Waals surface area contributed by atoms with Crippen molar-refractivity contribution in [1.82, 2.24) is 5.01 Å². The van der Waals surface area contributed by atoms with Crippen LogP contribution >= 0.6 is 15.9 Å². The van der Waals surface area contributed by atoms with Gasteiger partial charge in [-0.2, -0.15) is 10.1 Å². The lowest BCUT2D eigenvalue weighted by Gasteiger charge is -2.37. The fourth-order valence-electron chi connectivity index (χ4n) is 4.10.